The van der Waals surface area contributed by atoms with Crippen molar-refractivity contribution in [1.29, 1.82) is 0 Å². The lowest BCUT2D eigenvalue weighted by molar-refractivity contribution is 0.190. The van der Waals surface area contributed by atoms with Crippen molar-refractivity contribution >= 4 is 5.57 Å². The van der Waals surface area contributed by atoms with Crippen LogP contribution in [0, 0.1) is 0 Å². The average Bonchev–Trinajstić information content (AvgIpc) is 2.65. The standard InChI is InChI=1S/C18H21NO2/c1-19-10-4-7-16-15-6-3-2-5-13(15)12-21-18-9-8-14(20)11-17(16)18/h2-3,5-9,14,19-20H,4,10-12H2,1H3/b16-7-. The maximum Gasteiger partial charge on any atom is 0.123 e. The van der Waals surface area contributed by atoms with E-state index in [0.717, 1.165) is 24.3 Å². The third-order valence-corrected chi connectivity index (χ3v) is 3.94. The number of benzene rings is 1. The summed E-state index contributed by atoms with van der Waals surface area (Å²) in [4.78, 5) is 0. The largest absolute Gasteiger partial charge is 0.489 e. The molecule has 3 nitrogen and oxygen atoms in total. The Labute approximate surface area is 125 Å². The topological polar surface area (TPSA) is 41.5 Å². The first-order chi connectivity index (χ1) is 10.3. The van der Waals surface area contributed by atoms with Gasteiger partial charge in [-0.15, -0.1) is 0 Å². The van der Waals surface area contributed by atoms with Crippen LogP contribution in [-0.4, -0.2) is 24.8 Å². The van der Waals surface area contributed by atoms with Crippen LogP contribution in [-0.2, 0) is 11.3 Å². The lowest BCUT2D eigenvalue weighted by Gasteiger charge is -2.19. The molecule has 3 heteroatoms. The molecule has 3 rings (SSSR count). The Kier molecular flexibility index (Phi) is 4.23. The van der Waals surface area contributed by atoms with E-state index < -0.39 is 6.10 Å². The van der Waals surface area contributed by atoms with Gasteiger partial charge in [0.2, 0.25) is 0 Å². The van der Waals surface area contributed by atoms with Crippen molar-refractivity contribution in [3.8, 4) is 0 Å². The first kappa shape index (κ1) is 14.1. The van der Waals surface area contributed by atoms with E-state index in [1.165, 1.54) is 16.7 Å². The molecule has 1 unspecified atom stereocenters. The van der Waals surface area contributed by atoms with E-state index in [1.54, 1.807) is 6.08 Å². The molecule has 21 heavy (non-hydrogen) atoms. The highest BCUT2D eigenvalue weighted by atomic mass is 16.5. The number of aliphatic hydroxyl groups is 1. The Hall–Kier alpha value is -1.84. The van der Waals surface area contributed by atoms with E-state index in [4.69, 9.17) is 4.74 Å². The molecule has 0 radical (unpaired) electrons. The maximum atomic E-state index is 9.96. The van der Waals surface area contributed by atoms with Crippen molar-refractivity contribution in [2.24, 2.45) is 0 Å². The summed E-state index contributed by atoms with van der Waals surface area (Å²) in [7, 11) is 1.96. The van der Waals surface area contributed by atoms with Crippen molar-refractivity contribution in [3.63, 3.8) is 0 Å². The Balaban J connectivity index is 2.06. The van der Waals surface area contributed by atoms with E-state index in [0.29, 0.717) is 13.0 Å². The summed E-state index contributed by atoms with van der Waals surface area (Å²) in [6.07, 6.45) is 7.11. The molecule has 2 aliphatic rings. The van der Waals surface area contributed by atoms with E-state index in [2.05, 4.69) is 29.6 Å². The zero-order valence-corrected chi connectivity index (χ0v) is 12.3. The Morgan fingerprint density at radius 3 is 3.10 bits per heavy atom. The first-order valence-electron chi connectivity index (χ1n) is 7.45. The quantitative estimate of drug-likeness (QED) is 0.838. The summed E-state index contributed by atoms with van der Waals surface area (Å²) >= 11 is 0. The zero-order valence-electron chi connectivity index (χ0n) is 12.3. The van der Waals surface area contributed by atoms with E-state index in [-0.39, 0.29) is 0 Å². The minimum atomic E-state index is -0.426. The van der Waals surface area contributed by atoms with Gasteiger partial charge in [0.25, 0.3) is 0 Å². The van der Waals surface area contributed by atoms with Gasteiger partial charge in [-0.3, -0.25) is 0 Å². The van der Waals surface area contributed by atoms with Crippen molar-refractivity contribution in [3.05, 3.63) is 65.0 Å². The Morgan fingerprint density at radius 1 is 1.38 bits per heavy atom. The number of hydrogen-bond donors (Lipinski definition) is 2. The van der Waals surface area contributed by atoms with Gasteiger partial charge in [-0.05, 0) is 42.8 Å². The molecule has 1 aliphatic heterocycles. The number of ether oxygens (including phenoxy) is 1. The highest BCUT2D eigenvalue weighted by molar-refractivity contribution is 5.82. The maximum absolute atomic E-state index is 9.96. The second-order valence-corrected chi connectivity index (χ2v) is 5.43. The number of aliphatic hydroxyl groups excluding tert-OH is 1. The molecule has 1 aromatic rings. The highest BCUT2D eigenvalue weighted by Crippen LogP contribution is 2.37. The fourth-order valence-electron chi connectivity index (χ4n) is 2.88. The summed E-state index contributed by atoms with van der Waals surface area (Å²) in [6, 6.07) is 8.36. The van der Waals surface area contributed by atoms with Crippen LogP contribution in [0.25, 0.3) is 5.57 Å². The molecule has 0 aromatic heterocycles. The van der Waals surface area contributed by atoms with Gasteiger partial charge in [0.1, 0.15) is 12.4 Å². The molecule has 0 spiro atoms. The van der Waals surface area contributed by atoms with Gasteiger partial charge in [-0.25, -0.2) is 0 Å². The van der Waals surface area contributed by atoms with Gasteiger partial charge in [-0.2, -0.15) is 0 Å². The minimum absolute atomic E-state index is 0.426. The third kappa shape index (κ3) is 2.94. The molecule has 0 amide bonds. The lowest BCUT2D eigenvalue weighted by atomic mass is 9.88. The Bertz CT molecular complexity index is 613. The van der Waals surface area contributed by atoms with Gasteiger partial charge in [-0.1, -0.05) is 36.4 Å². The van der Waals surface area contributed by atoms with Crippen LogP contribution in [0.15, 0.2) is 53.8 Å². The second-order valence-electron chi connectivity index (χ2n) is 5.43. The van der Waals surface area contributed by atoms with Crippen LogP contribution in [0.5, 0.6) is 0 Å². The minimum Gasteiger partial charge on any atom is -0.489 e. The molecule has 0 bridgehead atoms. The molecule has 1 heterocycles. The van der Waals surface area contributed by atoms with Crippen molar-refractivity contribution in [2.75, 3.05) is 13.6 Å². The first-order valence-corrected chi connectivity index (χ1v) is 7.45. The van der Waals surface area contributed by atoms with Gasteiger partial charge in [0.15, 0.2) is 0 Å². The zero-order chi connectivity index (χ0) is 14.7. The van der Waals surface area contributed by atoms with E-state index in [1.807, 2.05) is 19.2 Å². The van der Waals surface area contributed by atoms with E-state index in [9.17, 15) is 5.11 Å². The third-order valence-electron chi connectivity index (χ3n) is 3.94. The van der Waals surface area contributed by atoms with Crippen LogP contribution in [0.3, 0.4) is 0 Å². The molecular weight excluding hydrogens is 262 g/mol. The smallest absolute Gasteiger partial charge is 0.123 e. The predicted molar refractivity (Wildman–Crippen MR) is 84.5 cm³/mol. The van der Waals surface area contributed by atoms with Gasteiger partial charge < -0.3 is 15.2 Å². The molecular formula is C18H21NO2. The summed E-state index contributed by atoms with van der Waals surface area (Å²) in [6.45, 7) is 1.52. The second kappa shape index (κ2) is 6.29. The highest BCUT2D eigenvalue weighted by Gasteiger charge is 2.24. The molecule has 1 aliphatic carbocycles. The molecule has 2 N–H and O–H groups in total. The number of fused-ring (bicyclic) bond motifs is 1. The van der Waals surface area contributed by atoms with Crippen molar-refractivity contribution in [1.82, 2.24) is 5.32 Å². The number of rotatable bonds is 3. The van der Waals surface area contributed by atoms with Gasteiger partial charge >= 0.3 is 0 Å². The monoisotopic (exact) mass is 283 g/mol. The molecule has 0 saturated carbocycles. The Morgan fingerprint density at radius 2 is 2.24 bits per heavy atom. The van der Waals surface area contributed by atoms with Gasteiger partial charge in [0.05, 0.1) is 6.10 Å². The van der Waals surface area contributed by atoms with Crippen LogP contribution < -0.4 is 5.32 Å². The summed E-state index contributed by atoms with van der Waals surface area (Å²) in [5.41, 5.74) is 4.74. The summed E-state index contributed by atoms with van der Waals surface area (Å²) < 4.78 is 5.94. The average molecular weight is 283 g/mol. The molecule has 110 valence electrons. The van der Waals surface area contributed by atoms with Gasteiger partial charge in [0, 0.05) is 12.0 Å². The van der Waals surface area contributed by atoms with E-state index >= 15 is 0 Å². The fraction of sp³-hybridized carbons (Fsp3) is 0.333. The van der Waals surface area contributed by atoms with Crippen LogP contribution in [0.4, 0.5) is 0 Å². The van der Waals surface area contributed by atoms with Crippen LogP contribution in [0.2, 0.25) is 0 Å². The summed E-state index contributed by atoms with van der Waals surface area (Å²) in [5, 5.41) is 13.1. The molecule has 0 fully saturated rings. The van der Waals surface area contributed by atoms with Crippen LogP contribution >= 0.6 is 0 Å². The SMILES string of the molecule is CNCC/C=C1\C2=C(C=CC(O)C2)OCc2ccccc21. The van der Waals surface area contributed by atoms with Crippen molar-refractivity contribution in [2.45, 2.75) is 25.6 Å². The number of hydrogen-bond acceptors (Lipinski definition) is 3. The fourth-order valence-corrected chi connectivity index (χ4v) is 2.88. The normalized spacial score (nSPS) is 22.6. The number of nitrogens with one attached hydrogen (secondary N) is 1. The van der Waals surface area contributed by atoms with Crippen molar-refractivity contribution < 1.29 is 9.84 Å². The summed E-state index contributed by atoms with van der Waals surface area (Å²) in [5.74, 6) is 0.896. The molecule has 1 aromatic carbocycles. The predicted octanol–water partition coefficient (Wildman–Crippen LogP) is 2.78. The lowest BCUT2D eigenvalue weighted by Crippen LogP contribution is -2.11. The molecule has 0 saturated heterocycles. The number of allylic oxidation sites excluding steroid dienone is 2. The molecule has 1 atom stereocenters. The van der Waals surface area contributed by atoms with Crippen LogP contribution in [0.1, 0.15) is 24.0 Å².